The normalized spacial score (nSPS) is 10.9. The van der Waals surface area contributed by atoms with Crippen molar-refractivity contribution in [3.63, 3.8) is 0 Å². The van der Waals surface area contributed by atoms with E-state index in [0.717, 1.165) is 33.3 Å². The Balaban J connectivity index is 1.25. The van der Waals surface area contributed by atoms with E-state index >= 15 is 0 Å². The summed E-state index contributed by atoms with van der Waals surface area (Å²) in [6.07, 6.45) is 3.26. The highest BCUT2D eigenvalue weighted by Gasteiger charge is 2.13. The number of aromatic nitrogens is 5. The number of nitrogens with two attached hydrogens (primary N) is 1. The molecule has 0 fully saturated rings. The lowest BCUT2D eigenvalue weighted by atomic mass is 10.0. The summed E-state index contributed by atoms with van der Waals surface area (Å²) in [6, 6.07) is 28.6. The Morgan fingerprint density at radius 1 is 0.769 bits per heavy atom. The van der Waals surface area contributed by atoms with Gasteiger partial charge >= 0.3 is 0 Å². The number of ether oxygens (including phenoxy) is 1. The number of hydrogen-bond acceptors (Lipinski definition) is 9. The van der Waals surface area contributed by atoms with Crippen LogP contribution in [0.25, 0.3) is 33.3 Å². The number of rotatable bonds is 7. The molecule has 0 aliphatic carbocycles. The maximum absolute atomic E-state index is 9.35. The number of aliphatic hydroxyl groups excluding tert-OH is 1. The van der Waals surface area contributed by atoms with Gasteiger partial charge in [-0.3, -0.25) is 0 Å². The number of nitrogens with zero attached hydrogens (tertiary/aromatic N) is 5. The summed E-state index contributed by atoms with van der Waals surface area (Å²) in [5.41, 5.74) is 10.5. The smallest absolute Gasteiger partial charge is 0.228 e. The summed E-state index contributed by atoms with van der Waals surface area (Å²) in [6.45, 7) is -0.000504. The van der Waals surface area contributed by atoms with Crippen molar-refractivity contribution < 1.29 is 9.84 Å². The molecular formula is C30H23N7O2. The zero-order valence-electron chi connectivity index (χ0n) is 20.7. The van der Waals surface area contributed by atoms with Crippen LogP contribution in [0.2, 0.25) is 0 Å². The summed E-state index contributed by atoms with van der Waals surface area (Å²) in [5.74, 6) is 1.85. The lowest BCUT2D eigenvalue weighted by molar-refractivity contribution is 0.282. The third-order valence-corrected chi connectivity index (χ3v) is 6.15. The van der Waals surface area contributed by atoms with E-state index in [9.17, 15) is 5.11 Å². The van der Waals surface area contributed by atoms with Crippen LogP contribution in [0.4, 0.5) is 17.5 Å². The van der Waals surface area contributed by atoms with Gasteiger partial charge in [-0.15, -0.1) is 10.2 Å². The second-order valence-corrected chi connectivity index (χ2v) is 8.71. The molecule has 0 atom stereocenters. The van der Waals surface area contributed by atoms with Crippen LogP contribution < -0.4 is 15.8 Å². The summed E-state index contributed by atoms with van der Waals surface area (Å²) >= 11 is 0. The van der Waals surface area contributed by atoms with Crippen molar-refractivity contribution in [1.29, 1.82) is 0 Å². The Bertz CT molecular complexity index is 1760. The molecule has 9 nitrogen and oxygen atoms in total. The molecule has 0 saturated heterocycles. The summed E-state index contributed by atoms with van der Waals surface area (Å²) in [5, 5.41) is 23.6. The van der Waals surface area contributed by atoms with Gasteiger partial charge in [-0.1, -0.05) is 48.5 Å². The van der Waals surface area contributed by atoms with Gasteiger partial charge < -0.3 is 20.9 Å². The SMILES string of the molecule is Nc1nccc(-c2cccnc2Oc2ccc(Nc3nnc(-c4ccc(CO)cc4)c4ccccc34)cc2)n1. The zero-order chi connectivity index (χ0) is 26.6. The van der Waals surface area contributed by atoms with Gasteiger partial charge in [-0.05, 0) is 48.0 Å². The van der Waals surface area contributed by atoms with Crippen molar-refractivity contribution >= 4 is 28.2 Å². The second-order valence-electron chi connectivity index (χ2n) is 8.71. The number of fused-ring (bicyclic) bond motifs is 1. The highest BCUT2D eigenvalue weighted by Crippen LogP contribution is 2.33. The summed E-state index contributed by atoms with van der Waals surface area (Å²) in [4.78, 5) is 12.6. The van der Waals surface area contributed by atoms with Gasteiger partial charge in [-0.2, -0.15) is 0 Å². The number of nitrogen functional groups attached to an aromatic ring is 1. The van der Waals surface area contributed by atoms with E-state index in [-0.39, 0.29) is 12.6 Å². The van der Waals surface area contributed by atoms with Crippen molar-refractivity contribution in [2.75, 3.05) is 11.1 Å². The van der Waals surface area contributed by atoms with E-state index < -0.39 is 0 Å². The molecule has 39 heavy (non-hydrogen) atoms. The quantitative estimate of drug-likeness (QED) is 0.244. The standard InChI is InChI=1S/C30H23N7O2/c31-30-33-17-15-26(35-30)25-6-3-16-32-29(25)39-22-13-11-21(12-14-22)34-28-24-5-2-1-4-23(24)27(36-37-28)20-9-7-19(18-38)8-10-20/h1-17,38H,18H2,(H,34,37)(H2,31,33,35). The first kappa shape index (κ1) is 24.0. The van der Waals surface area contributed by atoms with Gasteiger partial charge in [0.15, 0.2) is 5.82 Å². The molecule has 0 amide bonds. The van der Waals surface area contributed by atoms with Crippen LogP contribution in [0.3, 0.4) is 0 Å². The predicted molar refractivity (Wildman–Crippen MR) is 150 cm³/mol. The molecule has 0 aliphatic rings. The zero-order valence-corrected chi connectivity index (χ0v) is 20.7. The van der Waals surface area contributed by atoms with Crippen LogP contribution in [-0.2, 0) is 6.61 Å². The first-order valence-electron chi connectivity index (χ1n) is 12.2. The van der Waals surface area contributed by atoms with Gasteiger partial charge in [0.25, 0.3) is 0 Å². The van der Waals surface area contributed by atoms with Crippen LogP contribution in [-0.4, -0.2) is 30.3 Å². The van der Waals surface area contributed by atoms with E-state index in [1.807, 2.05) is 84.9 Å². The number of anilines is 3. The molecule has 0 saturated carbocycles. The molecular weight excluding hydrogens is 490 g/mol. The third kappa shape index (κ3) is 5.07. The predicted octanol–water partition coefficient (Wildman–Crippen LogP) is 5.76. The van der Waals surface area contributed by atoms with E-state index in [4.69, 9.17) is 10.5 Å². The van der Waals surface area contributed by atoms with Gasteiger partial charge in [0, 0.05) is 34.4 Å². The minimum Gasteiger partial charge on any atom is -0.438 e. The monoisotopic (exact) mass is 513 g/mol. The molecule has 3 heterocycles. The fourth-order valence-corrected chi connectivity index (χ4v) is 4.22. The molecule has 0 radical (unpaired) electrons. The molecule has 4 N–H and O–H groups in total. The number of benzene rings is 3. The Morgan fingerprint density at radius 3 is 2.33 bits per heavy atom. The van der Waals surface area contributed by atoms with E-state index in [1.54, 1.807) is 18.5 Å². The van der Waals surface area contributed by atoms with Crippen LogP contribution >= 0.6 is 0 Å². The van der Waals surface area contributed by atoms with Crippen molar-refractivity contribution in [3.05, 3.63) is 109 Å². The fourth-order valence-electron chi connectivity index (χ4n) is 4.22. The number of pyridine rings is 1. The second kappa shape index (κ2) is 10.5. The third-order valence-electron chi connectivity index (χ3n) is 6.15. The highest BCUT2D eigenvalue weighted by molar-refractivity contribution is 6.00. The molecule has 0 aliphatic heterocycles. The minimum absolute atomic E-state index is 0.000504. The molecule has 3 aromatic carbocycles. The molecule has 9 heteroatoms. The molecule has 190 valence electrons. The Morgan fingerprint density at radius 2 is 1.56 bits per heavy atom. The summed E-state index contributed by atoms with van der Waals surface area (Å²) < 4.78 is 6.08. The van der Waals surface area contributed by atoms with Gasteiger partial charge in [-0.25, -0.2) is 15.0 Å². The molecule has 3 aromatic heterocycles. The van der Waals surface area contributed by atoms with Crippen LogP contribution in [0.1, 0.15) is 5.56 Å². The van der Waals surface area contributed by atoms with Gasteiger partial charge in [0.2, 0.25) is 11.8 Å². The van der Waals surface area contributed by atoms with E-state index in [0.29, 0.717) is 28.7 Å². The molecule has 0 bridgehead atoms. The van der Waals surface area contributed by atoms with Crippen molar-refractivity contribution in [1.82, 2.24) is 25.1 Å². The van der Waals surface area contributed by atoms with Gasteiger partial charge in [0.1, 0.15) is 11.4 Å². The minimum atomic E-state index is -0.000504. The number of hydrogen-bond donors (Lipinski definition) is 3. The van der Waals surface area contributed by atoms with Crippen LogP contribution in [0.5, 0.6) is 11.6 Å². The lowest BCUT2D eigenvalue weighted by Crippen LogP contribution is -1.99. The highest BCUT2D eigenvalue weighted by atomic mass is 16.5. The Kier molecular flexibility index (Phi) is 6.46. The number of aliphatic hydroxyl groups is 1. The molecule has 0 unspecified atom stereocenters. The van der Waals surface area contributed by atoms with Crippen molar-refractivity contribution in [2.24, 2.45) is 0 Å². The molecule has 6 rings (SSSR count). The first-order chi connectivity index (χ1) is 19.2. The Hall–Kier alpha value is -5.41. The average molecular weight is 514 g/mol. The largest absolute Gasteiger partial charge is 0.438 e. The fraction of sp³-hybridized carbons (Fsp3) is 0.0333. The maximum atomic E-state index is 9.35. The number of nitrogens with one attached hydrogen (secondary N) is 1. The topological polar surface area (TPSA) is 132 Å². The maximum Gasteiger partial charge on any atom is 0.228 e. The Labute approximate surface area is 224 Å². The molecule has 6 aromatic rings. The van der Waals surface area contributed by atoms with Crippen LogP contribution in [0.15, 0.2) is 103 Å². The van der Waals surface area contributed by atoms with Gasteiger partial charge in [0.05, 0.1) is 17.9 Å². The van der Waals surface area contributed by atoms with Crippen molar-refractivity contribution in [3.8, 4) is 34.1 Å². The van der Waals surface area contributed by atoms with Crippen LogP contribution in [0, 0.1) is 0 Å². The lowest BCUT2D eigenvalue weighted by Gasteiger charge is -2.13. The van der Waals surface area contributed by atoms with E-state index in [2.05, 4.69) is 30.5 Å². The summed E-state index contributed by atoms with van der Waals surface area (Å²) in [7, 11) is 0. The average Bonchev–Trinajstić information content (AvgIpc) is 2.99. The first-order valence-corrected chi connectivity index (χ1v) is 12.2. The van der Waals surface area contributed by atoms with E-state index in [1.165, 1.54) is 0 Å². The van der Waals surface area contributed by atoms with Crippen molar-refractivity contribution in [2.45, 2.75) is 6.61 Å². The molecule has 0 spiro atoms.